The number of nitrogens with zero attached hydrogens (tertiary/aromatic N) is 2. The molecule has 22 heavy (non-hydrogen) atoms. The highest BCUT2D eigenvalue weighted by Crippen LogP contribution is 2.30. The van der Waals surface area contributed by atoms with Crippen molar-refractivity contribution >= 4 is 22.4 Å². The van der Waals surface area contributed by atoms with Gasteiger partial charge in [0.15, 0.2) is 0 Å². The molecule has 1 aromatic heterocycles. The van der Waals surface area contributed by atoms with E-state index in [9.17, 15) is 4.79 Å². The van der Waals surface area contributed by atoms with Crippen molar-refractivity contribution in [1.82, 2.24) is 10.2 Å². The molecule has 0 saturated heterocycles. The fraction of sp³-hybridized carbons (Fsp3) is 0.438. The van der Waals surface area contributed by atoms with Crippen molar-refractivity contribution in [2.45, 2.75) is 39.0 Å². The van der Waals surface area contributed by atoms with Crippen LogP contribution in [-0.4, -0.2) is 23.2 Å². The Morgan fingerprint density at radius 1 is 1.27 bits per heavy atom. The van der Waals surface area contributed by atoms with Gasteiger partial charge in [0.2, 0.25) is 11.0 Å². The van der Waals surface area contributed by atoms with Crippen molar-refractivity contribution in [3.8, 4) is 5.75 Å². The van der Waals surface area contributed by atoms with Gasteiger partial charge in [-0.15, -0.1) is 10.2 Å². The lowest BCUT2D eigenvalue weighted by molar-refractivity contribution is -0.115. The molecule has 1 aromatic carbocycles. The summed E-state index contributed by atoms with van der Waals surface area (Å²) in [5.41, 5.74) is 0.910. The van der Waals surface area contributed by atoms with Crippen molar-refractivity contribution in [3.63, 3.8) is 0 Å². The summed E-state index contributed by atoms with van der Waals surface area (Å²) in [5.74, 6) is 0.682. The van der Waals surface area contributed by atoms with E-state index >= 15 is 0 Å². The number of ether oxygens (including phenoxy) is 1. The van der Waals surface area contributed by atoms with E-state index in [1.807, 2.05) is 24.3 Å². The van der Waals surface area contributed by atoms with Crippen molar-refractivity contribution in [3.05, 3.63) is 34.8 Å². The lowest BCUT2D eigenvalue weighted by Crippen LogP contribution is -2.14. The second-order valence-corrected chi connectivity index (χ2v) is 6.70. The summed E-state index contributed by atoms with van der Waals surface area (Å²) in [6, 6.07) is 7.44. The molecule has 0 saturated carbocycles. The highest BCUT2D eigenvalue weighted by molar-refractivity contribution is 7.15. The smallest absolute Gasteiger partial charge is 0.230 e. The van der Waals surface area contributed by atoms with Gasteiger partial charge in [0.05, 0.1) is 13.5 Å². The molecule has 0 aliphatic heterocycles. The summed E-state index contributed by atoms with van der Waals surface area (Å²) in [6.07, 6.45) is 1.28. The minimum absolute atomic E-state index is 0.0172. The Morgan fingerprint density at radius 3 is 2.55 bits per heavy atom. The SMILES string of the molecule is CCC(C)(C)c1nnc(NC(=O)Cc2ccc(OC)cc2)s1. The van der Waals surface area contributed by atoms with Gasteiger partial charge in [0.25, 0.3) is 0 Å². The first-order valence-electron chi connectivity index (χ1n) is 7.21. The van der Waals surface area contributed by atoms with Crippen LogP contribution in [0.1, 0.15) is 37.8 Å². The van der Waals surface area contributed by atoms with E-state index in [4.69, 9.17) is 4.74 Å². The molecular formula is C16H21N3O2S. The molecule has 1 heterocycles. The molecule has 0 aliphatic rings. The highest BCUT2D eigenvalue weighted by atomic mass is 32.1. The van der Waals surface area contributed by atoms with Crippen molar-refractivity contribution < 1.29 is 9.53 Å². The highest BCUT2D eigenvalue weighted by Gasteiger charge is 2.23. The summed E-state index contributed by atoms with van der Waals surface area (Å²) in [6.45, 7) is 6.36. The van der Waals surface area contributed by atoms with E-state index in [0.29, 0.717) is 11.6 Å². The van der Waals surface area contributed by atoms with Crippen LogP contribution in [0.3, 0.4) is 0 Å². The van der Waals surface area contributed by atoms with Gasteiger partial charge in [-0.1, -0.05) is 44.2 Å². The van der Waals surface area contributed by atoms with Gasteiger partial charge < -0.3 is 10.1 Å². The van der Waals surface area contributed by atoms with Crippen LogP contribution in [0.2, 0.25) is 0 Å². The number of aromatic nitrogens is 2. The summed E-state index contributed by atoms with van der Waals surface area (Å²) < 4.78 is 5.10. The lowest BCUT2D eigenvalue weighted by Gasteiger charge is -2.17. The van der Waals surface area contributed by atoms with Crippen LogP contribution >= 0.6 is 11.3 Å². The van der Waals surface area contributed by atoms with Gasteiger partial charge >= 0.3 is 0 Å². The quantitative estimate of drug-likeness (QED) is 0.886. The zero-order valence-corrected chi connectivity index (χ0v) is 14.2. The Balaban J connectivity index is 1.97. The minimum Gasteiger partial charge on any atom is -0.497 e. The average Bonchev–Trinajstić information content (AvgIpc) is 2.97. The second-order valence-electron chi connectivity index (χ2n) is 5.72. The van der Waals surface area contributed by atoms with Crippen LogP contribution in [0.15, 0.2) is 24.3 Å². The molecule has 118 valence electrons. The number of benzene rings is 1. The summed E-state index contributed by atoms with van der Waals surface area (Å²) in [4.78, 5) is 12.1. The third-order valence-electron chi connectivity index (χ3n) is 3.66. The topological polar surface area (TPSA) is 64.1 Å². The normalized spacial score (nSPS) is 11.3. The van der Waals surface area contributed by atoms with Gasteiger partial charge in [-0.2, -0.15) is 0 Å². The van der Waals surface area contributed by atoms with Gasteiger partial charge in [0.1, 0.15) is 10.8 Å². The molecule has 5 nitrogen and oxygen atoms in total. The predicted molar refractivity (Wildman–Crippen MR) is 88.6 cm³/mol. The molecule has 1 N–H and O–H groups in total. The van der Waals surface area contributed by atoms with Crippen LogP contribution in [0.25, 0.3) is 0 Å². The Morgan fingerprint density at radius 2 is 1.95 bits per heavy atom. The number of anilines is 1. The molecule has 0 atom stereocenters. The number of rotatable bonds is 6. The molecule has 0 spiro atoms. The monoisotopic (exact) mass is 319 g/mol. The molecule has 0 radical (unpaired) electrons. The minimum atomic E-state index is -0.0952. The van der Waals surface area contributed by atoms with Crippen LogP contribution < -0.4 is 10.1 Å². The van der Waals surface area contributed by atoms with Crippen molar-refractivity contribution in [2.75, 3.05) is 12.4 Å². The molecule has 2 aromatic rings. The molecule has 6 heteroatoms. The standard InChI is InChI=1S/C16H21N3O2S/c1-5-16(2,3)14-18-19-15(22-14)17-13(20)10-11-6-8-12(21-4)9-7-11/h6-9H,5,10H2,1-4H3,(H,17,19,20). The second kappa shape index (κ2) is 6.87. The van der Waals surface area contributed by atoms with E-state index in [-0.39, 0.29) is 11.3 Å². The first-order valence-corrected chi connectivity index (χ1v) is 8.03. The lowest BCUT2D eigenvalue weighted by atomic mass is 9.91. The Hall–Kier alpha value is -1.95. The van der Waals surface area contributed by atoms with Crippen LogP contribution in [0.4, 0.5) is 5.13 Å². The Bertz CT molecular complexity index is 635. The Labute approximate surface area is 134 Å². The molecule has 0 unspecified atom stereocenters. The van der Waals surface area contributed by atoms with Gasteiger partial charge in [-0.3, -0.25) is 4.79 Å². The summed E-state index contributed by atoms with van der Waals surface area (Å²) >= 11 is 1.44. The maximum Gasteiger partial charge on any atom is 0.230 e. The molecule has 0 fully saturated rings. The molecular weight excluding hydrogens is 298 g/mol. The number of nitrogens with one attached hydrogen (secondary N) is 1. The fourth-order valence-electron chi connectivity index (χ4n) is 1.79. The van der Waals surface area contributed by atoms with E-state index in [2.05, 4.69) is 36.3 Å². The summed E-state index contributed by atoms with van der Waals surface area (Å²) in [5, 5.41) is 12.5. The van der Waals surface area contributed by atoms with Crippen LogP contribution in [0, 0.1) is 0 Å². The van der Waals surface area contributed by atoms with Crippen molar-refractivity contribution in [2.24, 2.45) is 0 Å². The van der Waals surface area contributed by atoms with E-state index in [1.54, 1.807) is 7.11 Å². The van der Waals surface area contributed by atoms with Gasteiger partial charge in [0, 0.05) is 5.41 Å². The van der Waals surface area contributed by atoms with Crippen LogP contribution in [-0.2, 0) is 16.6 Å². The van der Waals surface area contributed by atoms with E-state index < -0.39 is 0 Å². The maximum atomic E-state index is 12.1. The predicted octanol–water partition coefficient (Wildman–Crippen LogP) is 3.42. The molecule has 0 bridgehead atoms. The number of carbonyl (C=O) groups excluding carboxylic acids is 1. The molecule has 2 rings (SSSR count). The zero-order chi connectivity index (χ0) is 16.2. The number of methoxy groups -OCH3 is 1. The number of hydrogen-bond donors (Lipinski definition) is 1. The van der Waals surface area contributed by atoms with Crippen LogP contribution in [0.5, 0.6) is 5.75 Å². The first-order chi connectivity index (χ1) is 10.4. The maximum absolute atomic E-state index is 12.1. The summed E-state index contributed by atoms with van der Waals surface area (Å²) in [7, 11) is 1.62. The number of amides is 1. The van der Waals surface area contributed by atoms with Crippen molar-refractivity contribution in [1.29, 1.82) is 0 Å². The molecule has 0 aliphatic carbocycles. The average molecular weight is 319 g/mol. The van der Waals surface area contributed by atoms with Gasteiger partial charge in [-0.25, -0.2) is 0 Å². The number of hydrogen-bond acceptors (Lipinski definition) is 5. The molecule has 1 amide bonds. The third kappa shape index (κ3) is 4.04. The zero-order valence-electron chi connectivity index (χ0n) is 13.3. The first kappa shape index (κ1) is 16.4. The van der Waals surface area contributed by atoms with Gasteiger partial charge in [-0.05, 0) is 24.1 Å². The largest absolute Gasteiger partial charge is 0.497 e. The third-order valence-corrected chi connectivity index (χ3v) is 4.86. The number of carbonyl (C=O) groups is 1. The van der Waals surface area contributed by atoms with E-state index in [0.717, 1.165) is 22.7 Å². The van der Waals surface area contributed by atoms with E-state index in [1.165, 1.54) is 11.3 Å². The fourth-order valence-corrected chi connectivity index (χ4v) is 2.72. The Kier molecular flexibility index (Phi) is 5.13.